The number of hydrogen-bond acceptors (Lipinski definition) is 6. The Kier molecular flexibility index (Phi) is 4.23. The van der Waals surface area contributed by atoms with Crippen molar-refractivity contribution in [2.75, 3.05) is 5.73 Å². The monoisotopic (exact) mass is 372 g/mol. The van der Waals surface area contributed by atoms with Gasteiger partial charge in [-0.1, -0.05) is 60.7 Å². The van der Waals surface area contributed by atoms with Crippen molar-refractivity contribution < 1.29 is 4.84 Å². The van der Waals surface area contributed by atoms with E-state index in [9.17, 15) is 0 Å². The van der Waals surface area contributed by atoms with Gasteiger partial charge >= 0.3 is 0 Å². The molecule has 0 aliphatic carbocycles. The molecule has 1 fully saturated rings. The van der Waals surface area contributed by atoms with Crippen LogP contribution < -0.4 is 5.73 Å². The van der Waals surface area contributed by atoms with Crippen LogP contribution in [0, 0.1) is 0 Å². The molecule has 7 nitrogen and oxygen atoms in total. The highest BCUT2D eigenvalue weighted by molar-refractivity contribution is 5.81. The molecular weight excluding hydrogens is 352 g/mol. The number of fused-ring (bicyclic) bond motifs is 1. The van der Waals surface area contributed by atoms with E-state index in [1.165, 1.54) is 17.5 Å². The first kappa shape index (κ1) is 16.9. The van der Waals surface area contributed by atoms with E-state index in [-0.39, 0.29) is 12.3 Å². The molecule has 1 aliphatic rings. The summed E-state index contributed by atoms with van der Waals surface area (Å²) in [5.41, 5.74) is 9.65. The van der Waals surface area contributed by atoms with Gasteiger partial charge in [0.1, 0.15) is 11.8 Å². The summed E-state index contributed by atoms with van der Waals surface area (Å²) >= 11 is 0. The maximum atomic E-state index is 6.38. The zero-order chi connectivity index (χ0) is 18.9. The third-order valence-corrected chi connectivity index (χ3v) is 5.09. The molecule has 2 aromatic carbocycles. The van der Waals surface area contributed by atoms with Crippen LogP contribution in [0.2, 0.25) is 0 Å². The number of aromatic nitrogens is 4. The largest absolute Gasteiger partial charge is 0.382 e. The van der Waals surface area contributed by atoms with Gasteiger partial charge < -0.3 is 5.73 Å². The Labute approximate surface area is 162 Å². The molecule has 28 heavy (non-hydrogen) atoms. The van der Waals surface area contributed by atoms with Gasteiger partial charge in [-0.3, -0.25) is 9.40 Å². The number of imidazole rings is 1. The van der Waals surface area contributed by atoms with E-state index in [4.69, 9.17) is 10.6 Å². The number of rotatable bonds is 4. The molecule has 3 heterocycles. The highest BCUT2D eigenvalue weighted by atomic mass is 16.7. The third-order valence-electron chi connectivity index (χ3n) is 5.09. The van der Waals surface area contributed by atoms with Gasteiger partial charge in [0, 0.05) is 13.0 Å². The molecule has 0 radical (unpaired) electrons. The number of benzene rings is 2. The van der Waals surface area contributed by atoms with Crippen molar-refractivity contribution in [2.24, 2.45) is 0 Å². The fourth-order valence-electron chi connectivity index (χ4n) is 3.71. The van der Waals surface area contributed by atoms with E-state index in [0.717, 1.165) is 6.42 Å². The van der Waals surface area contributed by atoms with Crippen LogP contribution in [0.25, 0.3) is 11.2 Å². The van der Waals surface area contributed by atoms with E-state index in [1.807, 2.05) is 33.9 Å². The molecule has 0 unspecified atom stereocenters. The molecule has 1 saturated heterocycles. The molecule has 0 amide bonds. The van der Waals surface area contributed by atoms with Crippen molar-refractivity contribution in [3.63, 3.8) is 0 Å². The van der Waals surface area contributed by atoms with Crippen LogP contribution in [0.15, 0.2) is 73.3 Å². The fraction of sp³-hybridized carbons (Fsp3) is 0.190. The van der Waals surface area contributed by atoms with Gasteiger partial charge in [0.2, 0.25) is 0 Å². The quantitative estimate of drug-likeness (QED) is 0.590. The first-order valence-electron chi connectivity index (χ1n) is 9.25. The van der Waals surface area contributed by atoms with Crippen LogP contribution in [0.5, 0.6) is 0 Å². The predicted octanol–water partition coefficient (Wildman–Crippen LogP) is 3.49. The van der Waals surface area contributed by atoms with E-state index in [1.54, 1.807) is 6.33 Å². The van der Waals surface area contributed by atoms with E-state index in [0.29, 0.717) is 23.5 Å². The smallest absolute Gasteiger partial charge is 0.167 e. The summed E-state index contributed by atoms with van der Waals surface area (Å²) in [6.07, 6.45) is 3.76. The second kappa shape index (κ2) is 7.03. The minimum absolute atomic E-state index is 0.128. The van der Waals surface area contributed by atoms with Crippen LogP contribution in [0.1, 0.15) is 29.8 Å². The van der Waals surface area contributed by atoms with Crippen molar-refractivity contribution in [1.82, 2.24) is 24.6 Å². The normalized spacial score (nSPS) is 20.0. The average Bonchev–Trinajstić information content (AvgIpc) is 3.34. The van der Waals surface area contributed by atoms with Crippen molar-refractivity contribution >= 4 is 17.0 Å². The van der Waals surface area contributed by atoms with Crippen LogP contribution in [0.4, 0.5) is 5.82 Å². The molecule has 2 N–H and O–H groups in total. The highest BCUT2D eigenvalue weighted by Gasteiger charge is 2.36. The van der Waals surface area contributed by atoms with Crippen molar-refractivity contribution in [3.8, 4) is 0 Å². The lowest BCUT2D eigenvalue weighted by Gasteiger charge is -2.23. The second-order valence-electron chi connectivity index (χ2n) is 6.87. The SMILES string of the molecule is Nc1ncnc2c1ncn2[C@@H]1C[C@@H](c2ccccc2)N(Cc2ccccc2)O1. The molecule has 0 bridgehead atoms. The Balaban J connectivity index is 1.50. The predicted molar refractivity (Wildman–Crippen MR) is 106 cm³/mol. The fourth-order valence-corrected chi connectivity index (χ4v) is 3.71. The lowest BCUT2D eigenvalue weighted by Crippen LogP contribution is -2.22. The minimum Gasteiger partial charge on any atom is -0.382 e. The number of nitrogen functional groups attached to an aromatic ring is 1. The topological polar surface area (TPSA) is 82.1 Å². The van der Waals surface area contributed by atoms with Crippen molar-refractivity contribution in [3.05, 3.63) is 84.4 Å². The minimum atomic E-state index is -0.215. The molecule has 1 aliphatic heterocycles. The van der Waals surface area contributed by atoms with Gasteiger partial charge in [0.25, 0.3) is 0 Å². The summed E-state index contributed by atoms with van der Waals surface area (Å²) in [6.45, 7) is 0.695. The number of hydroxylamine groups is 2. The molecule has 7 heteroatoms. The Morgan fingerprint density at radius 2 is 1.71 bits per heavy atom. The Morgan fingerprint density at radius 3 is 2.50 bits per heavy atom. The molecular formula is C21H20N6O. The Bertz CT molecular complexity index is 1080. The lowest BCUT2D eigenvalue weighted by atomic mass is 10.0. The lowest BCUT2D eigenvalue weighted by molar-refractivity contribution is -0.190. The van der Waals surface area contributed by atoms with Crippen LogP contribution in [0.3, 0.4) is 0 Å². The first-order chi connectivity index (χ1) is 13.8. The zero-order valence-electron chi connectivity index (χ0n) is 15.2. The van der Waals surface area contributed by atoms with E-state index >= 15 is 0 Å². The molecule has 2 aromatic heterocycles. The summed E-state index contributed by atoms with van der Waals surface area (Å²) in [5.74, 6) is 0.377. The van der Waals surface area contributed by atoms with Gasteiger partial charge in [-0.25, -0.2) is 15.0 Å². The average molecular weight is 372 g/mol. The van der Waals surface area contributed by atoms with E-state index < -0.39 is 0 Å². The molecule has 4 aromatic rings. The summed E-state index contributed by atoms with van der Waals surface area (Å²) in [5, 5.41) is 2.05. The van der Waals surface area contributed by atoms with Gasteiger partial charge in [-0.2, -0.15) is 5.06 Å². The summed E-state index contributed by atoms with van der Waals surface area (Å²) in [7, 11) is 0. The molecule has 0 saturated carbocycles. The maximum absolute atomic E-state index is 6.38. The van der Waals surface area contributed by atoms with Gasteiger partial charge in [0.15, 0.2) is 17.7 Å². The maximum Gasteiger partial charge on any atom is 0.167 e. The van der Waals surface area contributed by atoms with E-state index in [2.05, 4.69) is 51.4 Å². The molecule has 140 valence electrons. The van der Waals surface area contributed by atoms with Crippen molar-refractivity contribution in [2.45, 2.75) is 25.2 Å². The van der Waals surface area contributed by atoms with Gasteiger partial charge in [-0.05, 0) is 11.1 Å². The number of nitrogens with two attached hydrogens (primary N) is 1. The first-order valence-corrected chi connectivity index (χ1v) is 9.25. The van der Waals surface area contributed by atoms with Crippen molar-refractivity contribution in [1.29, 1.82) is 0 Å². The summed E-state index contributed by atoms with van der Waals surface area (Å²) < 4.78 is 1.94. The standard InChI is InChI=1S/C21H20N6O/c22-20-19-21(24-13-23-20)26(14-25-19)18-11-17(16-9-5-2-6-10-16)27(28-18)12-15-7-3-1-4-8-15/h1-10,13-14,17-18H,11-12H2,(H2,22,23,24)/t17-,18-/m0/s1. The Hall–Kier alpha value is -3.29. The van der Waals surface area contributed by atoms with Crippen LogP contribution >= 0.6 is 0 Å². The summed E-state index contributed by atoms with van der Waals surface area (Å²) in [6, 6.07) is 20.9. The zero-order valence-corrected chi connectivity index (χ0v) is 15.2. The van der Waals surface area contributed by atoms with Gasteiger partial charge in [0.05, 0.1) is 12.4 Å². The Morgan fingerprint density at radius 1 is 0.964 bits per heavy atom. The number of anilines is 1. The molecule has 0 spiro atoms. The molecule has 2 atom stereocenters. The van der Waals surface area contributed by atoms with Gasteiger partial charge in [-0.15, -0.1) is 0 Å². The van der Waals surface area contributed by atoms with Crippen LogP contribution in [-0.2, 0) is 11.4 Å². The second-order valence-corrected chi connectivity index (χ2v) is 6.87. The third kappa shape index (κ3) is 3.00. The highest BCUT2D eigenvalue weighted by Crippen LogP contribution is 2.41. The number of hydrogen-bond donors (Lipinski definition) is 1. The molecule has 5 rings (SSSR count). The number of nitrogens with zero attached hydrogens (tertiary/aromatic N) is 5. The summed E-state index contributed by atoms with van der Waals surface area (Å²) in [4.78, 5) is 19.1. The van der Waals surface area contributed by atoms with Crippen LogP contribution in [-0.4, -0.2) is 24.6 Å².